The van der Waals surface area contributed by atoms with Gasteiger partial charge in [0, 0.05) is 12.1 Å². The first-order valence-electron chi connectivity index (χ1n) is 4.98. The molecule has 16 heavy (non-hydrogen) atoms. The molecule has 1 aromatic carbocycles. The van der Waals surface area contributed by atoms with Crippen LogP contribution in [0.1, 0.15) is 25.5 Å². The fourth-order valence-corrected chi connectivity index (χ4v) is 1.38. The van der Waals surface area contributed by atoms with Gasteiger partial charge in [-0.3, -0.25) is 0 Å². The Balaban J connectivity index is 2.92. The average molecular weight is 229 g/mol. The molecule has 0 aliphatic carbocycles. The Labute approximate surface area is 93.0 Å². The molecule has 0 bridgehead atoms. The average Bonchev–Trinajstić information content (AvgIpc) is 2.24. The van der Waals surface area contributed by atoms with Crippen molar-refractivity contribution in [3.63, 3.8) is 0 Å². The summed E-state index contributed by atoms with van der Waals surface area (Å²) < 4.78 is 38.6. The number of hydrogen-bond donors (Lipinski definition) is 1. The van der Waals surface area contributed by atoms with Crippen LogP contribution in [0.15, 0.2) is 24.8 Å². The molecular formula is C12H14F3N. The highest BCUT2D eigenvalue weighted by Crippen LogP contribution is 2.19. The topological polar surface area (TPSA) is 12.0 Å². The SMILES string of the molecule is C=CC(C)NC(C)c1cc(F)c(F)c(F)c1. The monoisotopic (exact) mass is 229 g/mol. The molecule has 0 aliphatic heterocycles. The Morgan fingerprint density at radius 1 is 1.19 bits per heavy atom. The molecular weight excluding hydrogens is 215 g/mol. The van der Waals surface area contributed by atoms with E-state index in [2.05, 4.69) is 11.9 Å². The van der Waals surface area contributed by atoms with E-state index in [1.807, 2.05) is 6.92 Å². The number of benzene rings is 1. The van der Waals surface area contributed by atoms with E-state index in [0.29, 0.717) is 5.56 Å². The molecule has 0 heterocycles. The van der Waals surface area contributed by atoms with E-state index >= 15 is 0 Å². The van der Waals surface area contributed by atoms with Crippen LogP contribution in [0.2, 0.25) is 0 Å². The van der Waals surface area contributed by atoms with Gasteiger partial charge in [-0.2, -0.15) is 0 Å². The summed E-state index contributed by atoms with van der Waals surface area (Å²) in [6.45, 7) is 7.19. The maximum absolute atomic E-state index is 13.0. The van der Waals surface area contributed by atoms with Crippen molar-refractivity contribution in [2.75, 3.05) is 0 Å². The van der Waals surface area contributed by atoms with Gasteiger partial charge in [0.1, 0.15) is 0 Å². The minimum atomic E-state index is -1.44. The zero-order valence-corrected chi connectivity index (χ0v) is 9.23. The lowest BCUT2D eigenvalue weighted by atomic mass is 10.1. The van der Waals surface area contributed by atoms with E-state index < -0.39 is 17.5 Å². The predicted molar refractivity (Wildman–Crippen MR) is 57.5 cm³/mol. The van der Waals surface area contributed by atoms with Crippen LogP contribution in [-0.4, -0.2) is 6.04 Å². The quantitative estimate of drug-likeness (QED) is 0.616. The molecule has 1 aromatic rings. The standard InChI is InChI=1S/C12H14F3N/c1-4-7(2)16-8(3)9-5-10(13)12(15)11(14)6-9/h4-8,16H,1H2,2-3H3. The molecule has 2 atom stereocenters. The molecule has 1 rings (SSSR count). The first-order chi connectivity index (χ1) is 7.45. The molecule has 1 nitrogen and oxygen atoms in total. The Hall–Kier alpha value is -1.29. The second kappa shape index (κ2) is 5.16. The van der Waals surface area contributed by atoms with E-state index in [1.54, 1.807) is 13.0 Å². The molecule has 0 amide bonds. The summed E-state index contributed by atoms with van der Waals surface area (Å²) in [6, 6.07) is 1.71. The first kappa shape index (κ1) is 12.8. The van der Waals surface area contributed by atoms with Gasteiger partial charge in [-0.1, -0.05) is 6.08 Å². The van der Waals surface area contributed by atoms with Gasteiger partial charge in [-0.25, -0.2) is 13.2 Å². The van der Waals surface area contributed by atoms with Gasteiger partial charge in [-0.05, 0) is 31.5 Å². The summed E-state index contributed by atoms with van der Waals surface area (Å²) in [6.07, 6.45) is 1.67. The van der Waals surface area contributed by atoms with Crippen molar-refractivity contribution in [1.29, 1.82) is 0 Å². The van der Waals surface area contributed by atoms with Gasteiger partial charge in [0.25, 0.3) is 0 Å². The Kier molecular flexibility index (Phi) is 4.12. The molecule has 4 heteroatoms. The molecule has 0 radical (unpaired) electrons. The Morgan fingerprint density at radius 2 is 1.69 bits per heavy atom. The van der Waals surface area contributed by atoms with Crippen molar-refractivity contribution >= 4 is 0 Å². The number of rotatable bonds is 4. The molecule has 0 saturated carbocycles. The third-order valence-corrected chi connectivity index (χ3v) is 2.37. The van der Waals surface area contributed by atoms with Crippen LogP contribution in [0.25, 0.3) is 0 Å². The summed E-state index contributed by atoms with van der Waals surface area (Å²) in [5, 5.41) is 3.05. The van der Waals surface area contributed by atoms with Crippen molar-refractivity contribution in [2.24, 2.45) is 0 Å². The zero-order chi connectivity index (χ0) is 12.3. The lowest BCUT2D eigenvalue weighted by Crippen LogP contribution is -2.27. The third-order valence-electron chi connectivity index (χ3n) is 2.37. The van der Waals surface area contributed by atoms with Crippen molar-refractivity contribution in [2.45, 2.75) is 25.9 Å². The molecule has 0 fully saturated rings. The van der Waals surface area contributed by atoms with Gasteiger partial charge in [0.05, 0.1) is 0 Å². The van der Waals surface area contributed by atoms with Gasteiger partial charge in [0.2, 0.25) is 0 Å². The number of hydrogen-bond acceptors (Lipinski definition) is 1. The Bertz CT molecular complexity index is 367. The zero-order valence-electron chi connectivity index (χ0n) is 9.23. The van der Waals surface area contributed by atoms with Crippen LogP contribution < -0.4 is 5.32 Å². The van der Waals surface area contributed by atoms with Crippen molar-refractivity contribution in [3.8, 4) is 0 Å². The molecule has 2 unspecified atom stereocenters. The summed E-state index contributed by atoms with van der Waals surface area (Å²) in [5.74, 6) is -3.78. The minimum Gasteiger partial charge on any atom is -0.304 e. The Morgan fingerprint density at radius 3 is 2.12 bits per heavy atom. The van der Waals surface area contributed by atoms with Crippen LogP contribution in [0.4, 0.5) is 13.2 Å². The van der Waals surface area contributed by atoms with Crippen LogP contribution in [0.5, 0.6) is 0 Å². The van der Waals surface area contributed by atoms with E-state index in [0.717, 1.165) is 12.1 Å². The van der Waals surface area contributed by atoms with Crippen molar-refractivity contribution in [3.05, 3.63) is 47.8 Å². The van der Waals surface area contributed by atoms with E-state index in [9.17, 15) is 13.2 Å². The molecule has 1 N–H and O–H groups in total. The predicted octanol–water partition coefficient (Wildman–Crippen LogP) is 3.33. The van der Waals surface area contributed by atoms with Crippen LogP contribution in [0.3, 0.4) is 0 Å². The molecule has 0 aliphatic rings. The normalized spacial score (nSPS) is 14.6. The maximum Gasteiger partial charge on any atom is 0.194 e. The summed E-state index contributed by atoms with van der Waals surface area (Å²) in [5.41, 5.74) is 0.366. The lowest BCUT2D eigenvalue weighted by Gasteiger charge is -2.18. The fraction of sp³-hybridized carbons (Fsp3) is 0.333. The summed E-state index contributed by atoms with van der Waals surface area (Å²) in [4.78, 5) is 0. The van der Waals surface area contributed by atoms with Gasteiger partial charge in [0.15, 0.2) is 17.5 Å². The molecule has 0 aromatic heterocycles. The van der Waals surface area contributed by atoms with Crippen LogP contribution >= 0.6 is 0 Å². The maximum atomic E-state index is 13.0. The second-order valence-corrected chi connectivity index (χ2v) is 3.71. The van der Waals surface area contributed by atoms with E-state index in [1.165, 1.54) is 0 Å². The van der Waals surface area contributed by atoms with Gasteiger partial charge < -0.3 is 5.32 Å². The largest absolute Gasteiger partial charge is 0.304 e. The highest BCUT2D eigenvalue weighted by molar-refractivity contribution is 5.22. The lowest BCUT2D eigenvalue weighted by molar-refractivity contribution is 0.439. The van der Waals surface area contributed by atoms with Crippen LogP contribution in [-0.2, 0) is 0 Å². The smallest absolute Gasteiger partial charge is 0.194 e. The highest BCUT2D eigenvalue weighted by Gasteiger charge is 2.14. The van der Waals surface area contributed by atoms with Crippen molar-refractivity contribution in [1.82, 2.24) is 5.32 Å². The summed E-state index contributed by atoms with van der Waals surface area (Å²) in [7, 11) is 0. The number of nitrogens with one attached hydrogen (secondary N) is 1. The van der Waals surface area contributed by atoms with Crippen molar-refractivity contribution < 1.29 is 13.2 Å². The van der Waals surface area contributed by atoms with Gasteiger partial charge >= 0.3 is 0 Å². The second-order valence-electron chi connectivity index (χ2n) is 3.71. The van der Waals surface area contributed by atoms with E-state index in [-0.39, 0.29) is 12.1 Å². The van der Waals surface area contributed by atoms with Gasteiger partial charge in [-0.15, -0.1) is 6.58 Å². The third kappa shape index (κ3) is 2.85. The first-order valence-corrected chi connectivity index (χ1v) is 4.98. The fourth-order valence-electron chi connectivity index (χ4n) is 1.38. The van der Waals surface area contributed by atoms with Crippen LogP contribution in [0, 0.1) is 17.5 Å². The molecule has 88 valence electrons. The molecule has 0 spiro atoms. The van der Waals surface area contributed by atoms with E-state index in [4.69, 9.17) is 0 Å². The highest BCUT2D eigenvalue weighted by atomic mass is 19.2. The minimum absolute atomic E-state index is 0.00572. The number of halogens is 3. The molecule has 0 saturated heterocycles. The summed E-state index contributed by atoms with van der Waals surface area (Å²) >= 11 is 0.